The molecule has 5 nitrogen and oxygen atoms in total. The Morgan fingerprint density at radius 1 is 1.08 bits per heavy atom. The zero-order valence-corrected chi connectivity index (χ0v) is 13.4. The molecule has 0 saturated carbocycles. The van der Waals surface area contributed by atoms with Crippen LogP contribution in [0.25, 0.3) is 4.83 Å². The summed E-state index contributed by atoms with van der Waals surface area (Å²) in [5.41, 5.74) is 1.23. The van der Waals surface area contributed by atoms with E-state index in [0.29, 0.717) is 17.1 Å². The molecule has 2 aromatic carbocycles. The van der Waals surface area contributed by atoms with Crippen LogP contribution in [0.5, 0.6) is 11.5 Å². The Morgan fingerprint density at radius 2 is 1.92 bits per heavy atom. The Kier molecular flexibility index (Phi) is 3.72. The number of carbonyl (C=O) groups is 1. The number of carbonyl (C=O) groups excluding carboxylic acids is 1. The first kappa shape index (κ1) is 14.5. The van der Waals surface area contributed by atoms with Crippen LogP contribution in [0.3, 0.4) is 0 Å². The molecule has 1 amide bonds. The molecule has 0 bridgehead atoms. The van der Waals surface area contributed by atoms with Crippen LogP contribution < -0.4 is 10.1 Å². The van der Waals surface area contributed by atoms with E-state index in [1.54, 1.807) is 23.0 Å². The summed E-state index contributed by atoms with van der Waals surface area (Å²) in [5, 5.41) is 4.71. The van der Waals surface area contributed by atoms with Gasteiger partial charge in [0.1, 0.15) is 28.4 Å². The number of amides is 1. The molecule has 4 rings (SSSR count). The maximum atomic E-state index is 12.5. The molecule has 0 aliphatic heterocycles. The quantitative estimate of drug-likeness (QED) is 0.600. The van der Waals surface area contributed by atoms with Crippen LogP contribution in [0.1, 0.15) is 10.5 Å². The number of nitrogens with zero attached hydrogens (tertiary/aromatic N) is 2. The second-order valence-electron chi connectivity index (χ2n) is 5.12. The molecule has 24 heavy (non-hydrogen) atoms. The second-order valence-corrected chi connectivity index (χ2v) is 6.01. The Morgan fingerprint density at radius 3 is 2.79 bits per heavy atom. The van der Waals surface area contributed by atoms with Gasteiger partial charge in [-0.1, -0.05) is 24.3 Å². The summed E-state index contributed by atoms with van der Waals surface area (Å²) in [5.74, 6) is 1.23. The number of thiazole rings is 1. The van der Waals surface area contributed by atoms with Crippen molar-refractivity contribution in [3.63, 3.8) is 0 Å². The fourth-order valence-electron chi connectivity index (χ4n) is 2.34. The van der Waals surface area contributed by atoms with Crippen LogP contribution in [-0.4, -0.2) is 15.3 Å². The minimum Gasteiger partial charge on any atom is -0.457 e. The lowest BCUT2D eigenvalue weighted by molar-refractivity contribution is 0.102. The van der Waals surface area contributed by atoms with Crippen LogP contribution in [-0.2, 0) is 0 Å². The molecule has 4 aromatic rings. The van der Waals surface area contributed by atoms with E-state index < -0.39 is 0 Å². The third-order valence-electron chi connectivity index (χ3n) is 3.46. The first-order valence-electron chi connectivity index (χ1n) is 7.33. The zero-order chi connectivity index (χ0) is 16.4. The van der Waals surface area contributed by atoms with Crippen LogP contribution in [0.4, 0.5) is 5.69 Å². The monoisotopic (exact) mass is 335 g/mol. The first-order valence-corrected chi connectivity index (χ1v) is 8.21. The average molecular weight is 335 g/mol. The molecule has 0 fully saturated rings. The van der Waals surface area contributed by atoms with Gasteiger partial charge in [-0.25, -0.2) is 4.98 Å². The van der Waals surface area contributed by atoms with Gasteiger partial charge in [0.2, 0.25) is 0 Å². The predicted octanol–water partition coefficient (Wildman–Crippen LogP) is 4.44. The molecule has 2 heterocycles. The highest BCUT2D eigenvalue weighted by Crippen LogP contribution is 2.24. The van der Waals surface area contributed by atoms with Crippen LogP contribution in [0, 0.1) is 0 Å². The van der Waals surface area contributed by atoms with Crippen LogP contribution >= 0.6 is 11.3 Å². The molecule has 6 heteroatoms. The molecule has 0 aliphatic rings. The topological polar surface area (TPSA) is 55.6 Å². The third kappa shape index (κ3) is 2.87. The van der Waals surface area contributed by atoms with Gasteiger partial charge in [0.25, 0.3) is 5.91 Å². The number of nitrogens with one attached hydrogen (secondary N) is 1. The van der Waals surface area contributed by atoms with Crippen molar-refractivity contribution in [3.8, 4) is 11.5 Å². The molecular formula is C18H13N3O2S. The van der Waals surface area contributed by atoms with Crippen LogP contribution in [0.2, 0.25) is 0 Å². The lowest BCUT2D eigenvalue weighted by Crippen LogP contribution is -2.13. The van der Waals surface area contributed by atoms with E-state index in [9.17, 15) is 4.79 Å². The highest BCUT2D eigenvalue weighted by Gasteiger charge is 2.12. The van der Waals surface area contributed by atoms with Crippen molar-refractivity contribution in [2.75, 3.05) is 5.32 Å². The zero-order valence-electron chi connectivity index (χ0n) is 12.5. The van der Waals surface area contributed by atoms with Gasteiger partial charge in [-0.2, -0.15) is 0 Å². The fourth-order valence-corrected chi connectivity index (χ4v) is 3.18. The number of rotatable bonds is 4. The number of hydrogen-bond acceptors (Lipinski definition) is 4. The maximum absolute atomic E-state index is 12.5. The number of benzene rings is 2. The lowest BCUT2D eigenvalue weighted by atomic mass is 10.3. The molecule has 0 saturated heterocycles. The number of anilines is 1. The van der Waals surface area contributed by atoms with Crippen molar-refractivity contribution >= 4 is 27.8 Å². The normalized spacial score (nSPS) is 10.7. The number of ether oxygens (including phenoxy) is 1. The molecule has 2 aromatic heterocycles. The van der Waals surface area contributed by atoms with Gasteiger partial charge in [0, 0.05) is 17.1 Å². The van der Waals surface area contributed by atoms with E-state index in [1.165, 1.54) is 11.3 Å². The Bertz CT molecular complexity index is 992. The highest BCUT2D eigenvalue weighted by molar-refractivity contribution is 7.15. The van der Waals surface area contributed by atoms with E-state index in [2.05, 4.69) is 10.3 Å². The fraction of sp³-hybridized carbons (Fsp3) is 0. The largest absolute Gasteiger partial charge is 0.457 e. The third-order valence-corrected chi connectivity index (χ3v) is 4.34. The highest BCUT2D eigenvalue weighted by atomic mass is 32.1. The van der Waals surface area contributed by atoms with Gasteiger partial charge in [-0.05, 0) is 24.3 Å². The predicted molar refractivity (Wildman–Crippen MR) is 94.0 cm³/mol. The average Bonchev–Trinajstić information content (AvgIpc) is 3.19. The van der Waals surface area contributed by atoms with Crippen molar-refractivity contribution in [1.82, 2.24) is 9.38 Å². The van der Waals surface area contributed by atoms with Gasteiger partial charge >= 0.3 is 0 Å². The summed E-state index contributed by atoms with van der Waals surface area (Å²) in [6.45, 7) is 0. The van der Waals surface area contributed by atoms with Gasteiger partial charge in [0.05, 0.1) is 6.20 Å². The SMILES string of the molecule is O=C(Nc1cccc(Oc2ccccc2)c1)c1csc2cncn12. The maximum Gasteiger partial charge on any atom is 0.273 e. The summed E-state index contributed by atoms with van der Waals surface area (Å²) in [6, 6.07) is 16.8. The molecule has 0 radical (unpaired) electrons. The van der Waals surface area contributed by atoms with Gasteiger partial charge in [-0.15, -0.1) is 11.3 Å². The molecule has 0 atom stereocenters. The van der Waals surface area contributed by atoms with Gasteiger partial charge < -0.3 is 10.1 Å². The molecule has 0 spiro atoms. The van der Waals surface area contributed by atoms with Crippen LogP contribution in [0.15, 0.2) is 72.5 Å². The summed E-state index contributed by atoms with van der Waals surface area (Å²) in [4.78, 5) is 17.4. The molecule has 1 N–H and O–H groups in total. The standard InChI is InChI=1S/C18H13N3O2S/c22-18(16-11-24-17-10-19-12-21(16)17)20-13-5-4-8-15(9-13)23-14-6-2-1-3-7-14/h1-12H,(H,20,22). The van der Waals surface area contributed by atoms with Gasteiger partial charge in [-0.3, -0.25) is 9.20 Å². The minimum atomic E-state index is -0.184. The molecule has 0 aliphatic carbocycles. The van der Waals surface area contributed by atoms with Crippen molar-refractivity contribution in [2.24, 2.45) is 0 Å². The summed E-state index contributed by atoms with van der Waals surface area (Å²) in [6.07, 6.45) is 3.37. The Labute approximate surface area is 142 Å². The van der Waals surface area contributed by atoms with E-state index in [0.717, 1.165) is 10.6 Å². The number of para-hydroxylation sites is 1. The first-order chi connectivity index (χ1) is 11.8. The number of hydrogen-bond donors (Lipinski definition) is 1. The number of imidazole rings is 1. The van der Waals surface area contributed by atoms with Crippen molar-refractivity contribution < 1.29 is 9.53 Å². The Hall–Kier alpha value is -3.12. The van der Waals surface area contributed by atoms with E-state index in [1.807, 2.05) is 53.9 Å². The van der Waals surface area contributed by atoms with Crippen molar-refractivity contribution in [1.29, 1.82) is 0 Å². The number of fused-ring (bicyclic) bond motifs is 1. The second kappa shape index (κ2) is 6.17. The molecule has 118 valence electrons. The summed E-state index contributed by atoms with van der Waals surface area (Å²) < 4.78 is 7.55. The van der Waals surface area contributed by atoms with Crippen molar-refractivity contribution in [2.45, 2.75) is 0 Å². The van der Waals surface area contributed by atoms with E-state index in [-0.39, 0.29) is 5.91 Å². The molecule has 0 unspecified atom stereocenters. The summed E-state index contributed by atoms with van der Waals surface area (Å²) in [7, 11) is 0. The number of aromatic nitrogens is 2. The van der Waals surface area contributed by atoms with E-state index >= 15 is 0 Å². The molecular weight excluding hydrogens is 322 g/mol. The lowest BCUT2D eigenvalue weighted by Gasteiger charge is -2.08. The van der Waals surface area contributed by atoms with Gasteiger partial charge in [0.15, 0.2) is 0 Å². The summed E-state index contributed by atoms with van der Waals surface area (Å²) >= 11 is 1.48. The smallest absolute Gasteiger partial charge is 0.273 e. The Balaban J connectivity index is 1.53. The van der Waals surface area contributed by atoms with Crippen molar-refractivity contribution in [3.05, 3.63) is 78.2 Å². The van der Waals surface area contributed by atoms with E-state index in [4.69, 9.17) is 4.74 Å². The minimum absolute atomic E-state index is 0.184.